The van der Waals surface area contributed by atoms with Crippen molar-refractivity contribution in [3.05, 3.63) is 73.9 Å². The van der Waals surface area contributed by atoms with Crippen LogP contribution in [0.3, 0.4) is 0 Å². The Bertz CT molecular complexity index is 1250. The number of hydrogen-bond acceptors (Lipinski definition) is 8. The SMILES string of the molecule is COc1cc(C(=O)Oc2c(Br)cc(Br)cc2/C=N/NC(=O)c2ccc(C)nc2)cc(OC)c1OC. The van der Waals surface area contributed by atoms with Crippen LogP contribution in [0.1, 0.15) is 32.0 Å². The third-order valence-electron chi connectivity index (χ3n) is 4.68. The lowest BCUT2D eigenvalue weighted by Gasteiger charge is -2.15. The number of rotatable bonds is 8. The number of aryl methyl sites for hydroxylation is 1. The van der Waals surface area contributed by atoms with E-state index < -0.39 is 11.9 Å². The lowest BCUT2D eigenvalue weighted by molar-refractivity contribution is 0.0732. The van der Waals surface area contributed by atoms with E-state index in [2.05, 4.69) is 47.4 Å². The number of nitrogens with zero attached hydrogens (tertiary/aromatic N) is 2. The van der Waals surface area contributed by atoms with Gasteiger partial charge in [-0.25, -0.2) is 10.2 Å². The van der Waals surface area contributed by atoms with E-state index in [9.17, 15) is 9.59 Å². The molecule has 1 aromatic heterocycles. The third-order valence-corrected chi connectivity index (χ3v) is 5.72. The molecule has 182 valence electrons. The molecular weight excluding hydrogens is 586 g/mol. The summed E-state index contributed by atoms with van der Waals surface area (Å²) in [4.78, 5) is 29.4. The largest absolute Gasteiger partial charge is 0.493 e. The van der Waals surface area contributed by atoms with Gasteiger partial charge in [-0.3, -0.25) is 9.78 Å². The second-order valence-electron chi connectivity index (χ2n) is 7.00. The summed E-state index contributed by atoms with van der Waals surface area (Å²) in [5.41, 5.74) is 4.19. The summed E-state index contributed by atoms with van der Waals surface area (Å²) in [6.45, 7) is 1.83. The quantitative estimate of drug-likeness (QED) is 0.168. The van der Waals surface area contributed by atoms with Gasteiger partial charge in [0.05, 0.1) is 43.1 Å². The van der Waals surface area contributed by atoms with E-state index in [1.807, 2.05) is 6.92 Å². The molecule has 2 aromatic carbocycles. The van der Waals surface area contributed by atoms with E-state index in [1.54, 1.807) is 24.3 Å². The number of esters is 1. The Kier molecular flexibility index (Phi) is 8.83. The number of methoxy groups -OCH3 is 3. The van der Waals surface area contributed by atoms with Gasteiger partial charge in [-0.1, -0.05) is 15.9 Å². The zero-order chi connectivity index (χ0) is 25.5. The predicted octanol–water partition coefficient (Wildman–Crippen LogP) is 4.92. The molecule has 35 heavy (non-hydrogen) atoms. The fourth-order valence-corrected chi connectivity index (χ4v) is 4.30. The van der Waals surface area contributed by atoms with Gasteiger partial charge in [-0.15, -0.1) is 0 Å². The summed E-state index contributed by atoms with van der Waals surface area (Å²) in [5.74, 6) is 0.0636. The number of amides is 1. The standard InChI is InChI=1S/C24H21Br2N3O6/c1-13-5-6-14(11-27-13)23(30)29-28-12-16-7-17(25)10-18(26)21(16)35-24(31)15-8-19(32-2)22(34-4)20(9-15)33-3/h5-12H,1-4H3,(H,29,30)/b28-12+. The lowest BCUT2D eigenvalue weighted by Crippen LogP contribution is -2.18. The van der Waals surface area contributed by atoms with Crippen LogP contribution in [-0.4, -0.2) is 44.4 Å². The fraction of sp³-hybridized carbons (Fsp3) is 0.167. The number of halogens is 2. The molecule has 0 saturated carbocycles. The number of ether oxygens (including phenoxy) is 4. The van der Waals surface area contributed by atoms with E-state index in [0.717, 1.165) is 5.69 Å². The van der Waals surface area contributed by atoms with E-state index in [-0.39, 0.29) is 11.3 Å². The first-order valence-electron chi connectivity index (χ1n) is 10.0. The van der Waals surface area contributed by atoms with E-state index in [1.165, 1.54) is 45.9 Å². The minimum absolute atomic E-state index is 0.178. The molecule has 9 nitrogen and oxygen atoms in total. The Labute approximate surface area is 218 Å². The highest BCUT2D eigenvalue weighted by molar-refractivity contribution is 9.11. The van der Waals surface area contributed by atoms with Crippen molar-refractivity contribution in [2.24, 2.45) is 5.10 Å². The summed E-state index contributed by atoms with van der Waals surface area (Å²) in [5, 5.41) is 4.00. The summed E-state index contributed by atoms with van der Waals surface area (Å²) < 4.78 is 22.8. The Balaban J connectivity index is 1.86. The first-order valence-corrected chi connectivity index (χ1v) is 11.6. The summed E-state index contributed by atoms with van der Waals surface area (Å²) in [6.07, 6.45) is 2.83. The van der Waals surface area contributed by atoms with Crippen molar-refractivity contribution in [2.75, 3.05) is 21.3 Å². The number of carbonyl (C=O) groups excluding carboxylic acids is 2. The van der Waals surface area contributed by atoms with Gasteiger partial charge in [0.1, 0.15) is 0 Å². The van der Waals surface area contributed by atoms with Crippen LogP contribution in [-0.2, 0) is 0 Å². The van der Waals surface area contributed by atoms with Crippen LogP contribution in [0.5, 0.6) is 23.0 Å². The maximum atomic E-state index is 13.0. The molecule has 1 N–H and O–H groups in total. The molecule has 1 heterocycles. The highest BCUT2D eigenvalue weighted by Crippen LogP contribution is 2.39. The lowest BCUT2D eigenvalue weighted by atomic mass is 10.1. The molecule has 0 atom stereocenters. The van der Waals surface area contributed by atoms with Crippen molar-refractivity contribution < 1.29 is 28.5 Å². The van der Waals surface area contributed by atoms with E-state index in [4.69, 9.17) is 18.9 Å². The Morgan fingerprint density at radius 3 is 2.20 bits per heavy atom. The maximum Gasteiger partial charge on any atom is 0.343 e. The van der Waals surface area contributed by atoms with Crippen molar-refractivity contribution in [1.82, 2.24) is 10.4 Å². The minimum atomic E-state index is -0.670. The molecule has 0 aliphatic rings. The van der Waals surface area contributed by atoms with Gasteiger partial charge < -0.3 is 18.9 Å². The van der Waals surface area contributed by atoms with Crippen LogP contribution in [0.25, 0.3) is 0 Å². The fourth-order valence-electron chi connectivity index (χ4n) is 2.96. The number of hydrogen-bond donors (Lipinski definition) is 1. The zero-order valence-electron chi connectivity index (χ0n) is 19.2. The molecule has 0 radical (unpaired) electrons. The molecule has 3 rings (SSSR count). The number of nitrogens with one attached hydrogen (secondary N) is 1. The smallest absolute Gasteiger partial charge is 0.343 e. The monoisotopic (exact) mass is 605 g/mol. The van der Waals surface area contributed by atoms with Crippen LogP contribution in [0, 0.1) is 6.92 Å². The Morgan fingerprint density at radius 1 is 0.943 bits per heavy atom. The Hall–Kier alpha value is -3.44. The summed E-state index contributed by atoms with van der Waals surface area (Å²) in [7, 11) is 4.37. The third kappa shape index (κ3) is 6.37. The molecule has 11 heteroatoms. The van der Waals surface area contributed by atoms with Crippen molar-refractivity contribution in [2.45, 2.75) is 6.92 Å². The second kappa shape index (κ2) is 11.8. The van der Waals surface area contributed by atoms with Crippen LogP contribution < -0.4 is 24.4 Å². The van der Waals surface area contributed by atoms with Gasteiger partial charge in [0.25, 0.3) is 5.91 Å². The number of benzene rings is 2. The van der Waals surface area contributed by atoms with E-state index in [0.29, 0.717) is 37.3 Å². The Morgan fingerprint density at radius 2 is 1.63 bits per heavy atom. The maximum absolute atomic E-state index is 13.0. The van der Waals surface area contributed by atoms with Crippen molar-refractivity contribution in [1.29, 1.82) is 0 Å². The number of aromatic nitrogens is 1. The molecule has 0 bridgehead atoms. The molecular formula is C24H21Br2N3O6. The highest BCUT2D eigenvalue weighted by Gasteiger charge is 2.20. The summed E-state index contributed by atoms with van der Waals surface area (Å²) in [6, 6.07) is 9.75. The molecule has 0 fully saturated rings. The highest BCUT2D eigenvalue weighted by atomic mass is 79.9. The van der Waals surface area contributed by atoms with Gasteiger partial charge >= 0.3 is 5.97 Å². The van der Waals surface area contributed by atoms with Gasteiger partial charge in [-0.2, -0.15) is 5.10 Å². The topological polar surface area (TPSA) is 108 Å². The predicted molar refractivity (Wildman–Crippen MR) is 137 cm³/mol. The van der Waals surface area contributed by atoms with Crippen LogP contribution in [0.15, 0.2) is 56.6 Å². The van der Waals surface area contributed by atoms with Crippen LogP contribution >= 0.6 is 31.9 Å². The first kappa shape index (κ1) is 26.2. The minimum Gasteiger partial charge on any atom is -0.493 e. The average Bonchev–Trinajstić information content (AvgIpc) is 2.85. The average molecular weight is 607 g/mol. The van der Waals surface area contributed by atoms with Gasteiger partial charge in [0.2, 0.25) is 5.75 Å². The van der Waals surface area contributed by atoms with Crippen LogP contribution in [0.2, 0.25) is 0 Å². The van der Waals surface area contributed by atoms with Gasteiger partial charge in [0, 0.05) is 21.9 Å². The molecule has 0 aliphatic carbocycles. The van der Waals surface area contributed by atoms with Gasteiger partial charge in [-0.05, 0) is 59.3 Å². The molecule has 0 saturated heterocycles. The normalized spacial score (nSPS) is 10.7. The molecule has 0 spiro atoms. The second-order valence-corrected chi connectivity index (χ2v) is 8.77. The van der Waals surface area contributed by atoms with Crippen molar-refractivity contribution in [3.63, 3.8) is 0 Å². The summed E-state index contributed by atoms with van der Waals surface area (Å²) >= 11 is 6.81. The number of hydrazone groups is 1. The molecule has 3 aromatic rings. The van der Waals surface area contributed by atoms with Crippen molar-refractivity contribution >= 4 is 50.0 Å². The molecule has 1 amide bonds. The zero-order valence-corrected chi connectivity index (χ0v) is 22.4. The van der Waals surface area contributed by atoms with Gasteiger partial charge in [0.15, 0.2) is 17.2 Å². The molecule has 0 aliphatic heterocycles. The van der Waals surface area contributed by atoms with Crippen LogP contribution in [0.4, 0.5) is 0 Å². The number of pyridine rings is 1. The van der Waals surface area contributed by atoms with E-state index >= 15 is 0 Å². The first-order chi connectivity index (χ1) is 16.8. The number of carbonyl (C=O) groups is 2. The molecule has 0 unspecified atom stereocenters. The van der Waals surface area contributed by atoms with Crippen molar-refractivity contribution in [3.8, 4) is 23.0 Å².